The number of hydrogen-bond donors (Lipinski definition) is 1. The van der Waals surface area contributed by atoms with Crippen LogP contribution in [0.3, 0.4) is 0 Å². The fraction of sp³-hybridized carbons (Fsp3) is 0.286. The van der Waals surface area contributed by atoms with Crippen molar-refractivity contribution < 1.29 is 14.5 Å². The van der Waals surface area contributed by atoms with E-state index in [1.54, 1.807) is 10.9 Å². The average Bonchev–Trinajstić information content (AvgIpc) is 2.84. The highest BCUT2D eigenvalue weighted by atomic mass is 79.9. The maximum atomic E-state index is 12.0. The number of halogens is 1. The number of nitrogens with one attached hydrogen (secondary N) is 1. The number of rotatable bonds is 6. The topological polar surface area (TPSA) is 99.3 Å². The summed E-state index contributed by atoms with van der Waals surface area (Å²) in [5.41, 5.74) is 1.23. The predicted molar refractivity (Wildman–Crippen MR) is 87.6 cm³/mol. The first-order chi connectivity index (χ1) is 10.9. The van der Waals surface area contributed by atoms with E-state index in [1.807, 2.05) is 6.92 Å². The third-order valence-electron chi connectivity index (χ3n) is 3.26. The van der Waals surface area contributed by atoms with Crippen molar-refractivity contribution in [3.05, 3.63) is 44.7 Å². The van der Waals surface area contributed by atoms with Crippen LogP contribution in [0.25, 0.3) is 0 Å². The largest absolute Gasteiger partial charge is 0.494 e. The highest BCUT2D eigenvalue weighted by molar-refractivity contribution is 9.10. The Morgan fingerprint density at radius 1 is 1.52 bits per heavy atom. The summed E-state index contributed by atoms with van der Waals surface area (Å²) in [6.45, 7) is 2.33. The second-order valence-corrected chi connectivity index (χ2v) is 5.60. The third kappa shape index (κ3) is 4.07. The molecule has 0 saturated carbocycles. The summed E-state index contributed by atoms with van der Waals surface area (Å²) in [6, 6.07) is 4.03. The lowest BCUT2D eigenvalue weighted by atomic mass is 10.2. The molecule has 0 fully saturated rings. The zero-order chi connectivity index (χ0) is 17.0. The van der Waals surface area contributed by atoms with E-state index in [1.165, 1.54) is 25.3 Å². The molecular formula is C14H15BrN4O4. The number of anilines is 1. The van der Waals surface area contributed by atoms with Gasteiger partial charge in [-0.3, -0.25) is 19.6 Å². The van der Waals surface area contributed by atoms with Gasteiger partial charge in [-0.05, 0) is 28.9 Å². The highest BCUT2D eigenvalue weighted by Gasteiger charge is 2.14. The van der Waals surface area contributed by atoms with Crippen LogP contribution in [-0.4, -0.2) is 27.7 Å². The molecule has 122 valence electrons. The van der Waals surface area contributed by atoms with Crippen LogP contribution in [0.4, 0.5) is 11.4 Å². The number of aryl methyl sites for hydroxylation is 1. The van der Waals surface area contributed by atoms with Crippen LogP contribution in [0.5, 0.6) is 5.75 Å². The number of methoxy groups -OCH3 is 1. The van der Waals surface area contributed by atoms with Crippen LogP contribution in [0.15, 0.2) is 28.9 Å². The maximum absolute atomic E-state index is 12.0. The first-order valence-corrected chi connectivity index (χ1v) is 7.52. The van der Waals surface area contributed by atoms with E-state index in [4.69, 9.17) is 4.74 Å². The summed E-state index contributed by atoms with van der Waals surface area (Å²) >= 11 is 3.36. The zero-order valence-corrected chi connectivity index (χ0v) is 14.2. The van der Waals surface area contributed by atoms with Crippen LogP contribution in [0, 0.1) is 17.0 Å². The van der Waals surface area contributed by atoms with Crippen LogP contribution in [0.2, 0.25) is 0 Å². The molecule has 0 bridgehead atoms. The van der Waals surface area contributed by atoms with Gasteiger partial charge in [0.25, 0.3) is 5.69 Å². The SMILES string of the molecule is COc1cc([N+](=O)[O-])ccc1NC(=O)CCn1ncc(Br)c1C. The first-order valence-electron chi connectivity index (χ1n) is 6.72. The van der Waals surface area contributed by atoms with Gasteiger partial charge in [0.1, 0.15) is 5.75 Å². The van der Waals surface area contributed by atoms with Crippen molar-refractivity contribution in [3.63, 3.8) is 0 Å². The molecule has 0 aliphatic heterocycles. The average molecular weight is 383 g/mol. The summed E-state index contributed by atoms with van der Waals surface area (Å²) in [7, 11) is 1.39. The number of benzene rings is 1. The normalized spacial score (nSPS) is 10.4. The number of non-ortho nitro benzene ring substituents is 1. The van der Waals surface area contributed by atoms with Crippen LogP contribution in [-0.2, 0) is 11.3 Å². The minimum atomic E-state index is -0.521. The zero-order valence-electron chi connectivity index (χ0n) is 12.6. The smallest absolute Gasteiger partial charge is 0.273 e. The minimum Gasteiger partial charge on any atom is -0.494 e. The minimum absolute atomic E-state index is 0.100. The van der Waals surface area contributed by atoms with Crippen molar-refractivity contribution in [1.29, 1.82) is 0 Å². The number of nitro benzene ring substituents is 1. The Bertz CT molecular complexity index is 744. The molecule has 23 heavy (non-hydrogen) atoms. The molecule has 2 rings (SSSR count). The summed E-state index contributed by atoms with van der Waals surface area (Å²) in [5.74, 6) is 0.00809. The Balaban J connectivity index is 2.02. The summed E-state index contributed by atoms with van der Waals surface area (Å²) < 4.78 is 7.68. The number of carbonyl (C=O) groups is 1. The predicted octanol–water partition coefficient (Wildman–Crippen LogP) is 2.90. The maximum Gasteiger partial charge on any atom is 0.273 e. The van der Waals surface area contributed by atoms with Crippen LogP contribution < -0.4 is 10.1 Å². The van der Waals surface area contributed by atoms with Gasteiger partial charge >= 0.3 is 0 Å². The van der Waals surface area contributed by atoms with Crippen molar-refractivity contribution in [2.24, 2.45) is 0 Å². The number of amides is 1. The lowest BCUT2D eigenvalue weighted by molar-refractivity contribution is -0.384. The van der Waals surface area contributed by atoms with E-state index in [0.29, 0.717) is 12.2 Å². The van der Waals surface area contributed by atoms with E-state index < -0.39 is 4.92 Å². The van der Waals surface area contributed by atoms with Gasteiger partial charge < -0.3 is 10.1 Å². The molecule has 8 nitrogen and oxygen atoms in total. The van der Waals surface area contributed by atoms with Crippen LogP contribution >= 0.6 is 15.9 Å². The van der Waals surface area contributed by atoms with Gasteiger partial charge in [-0.1, -0.05) is 0 Å². The van der Waals surface area contributed by atoms with Gasteiger partial charge in [0.05, 0.1) is 41.0 Å². The fourth-order valence-electron chi connectivity index (χ4n) is 1.97. The molecule has 2 aromatic rings. The van der Waals surface area contributed by atoms with Gasteiger partial charge in [-0.2, -0.15) is 5.10 Å². The van der Waals surface area contributed by atoms with E-state index in [2.05, 4.69) is 26.3 Å². The van der Waals surface area contributed by atoms with Crippen molar-refractivity contribution in [1.82, 2.24) is 9.78 Å². The molecule has 0 aliphatic carbocycles. The number of aromatic nitrogens is 2. The molecule has 0 radical (unpaired) electrons. The molecule has 1 heterocycles. The number of ether oxygens (including phenoxy) is 1. The van der Waals surface area contributed by atoms with Gasteiger partial charge in [-0.15, -0.1) is 0 Å². The highest BCUT2D eigenvalue weighted by Crippen LogP contribution is 2.29. The fourth-order valence-corrected chi connectivity index (χ4v) is 2.26. The van der Waals surface area contributed by atoms with Crippen LogP contribution in [0.1, 0.15) is 12.1 Å². The molecule has 0 atom stereocenters. The quantitative estimate of drug-likeness (QED) is 0.611. The Hall–Kier alpha value is -2.42. The van der Waals surface area contributed by atoms with E-state index >= 15 is 0 Å². The second-order valence-electron chi connectivity index (χ2n) is 4.74. The molecule has 9 heteroatoms. The number of nitrogens with zero attached hydrogens (tertiary/aromatic N) is 3. The Labute approximate surface area is 140 Å². The van der Waals surface area contributed by atoms with E-state index in [-0.39, 0.29) is 23.8 Å². The monoisotopic (exact) mass is 382 g/mol. The molecule has 1 aromatic heterocycles. The second kappa shape index (κ2) is 7.23. The van der Waals surface area contributed by atoms with Gasteiger partial charge in [0, 0.05) is 18.2 Å². The molecule has 0 spiro atoms. The molecule has 0 unspecified atom stereocenters. The molecule has 0 saturated heterocycles. The molecule has 1 amide bonds. The Morgan fingerprint density at radius 2 is 2.26 bits per heavy atom. The summed E-state index contributed by atoms with van der Waals surface area (Å²) in [5, 5.41) is 17.6. The standard InChI is InChI=1S/C14H15BrN4O4/c1-9-11(15)8-16-18(9)6-5-14(20)17-12-4-3-10(19(21)22)7-13(12)23-2/h3-4,7-8H,5-6H2,1-2H3,(H,17,20). The van der Waals surface area contributed by atoms with Crippen molar-refractivity contribution in [3.8, 4) is 5.75 Å². The summed E-state index contributed by atoms with van der Waals surface area (Å²) in [4.78, 5) is 22.3. The van der Waals surface area contributed by atoms with E-state index in [9.17, 15) is 14.9 Å². The van der Waals surface area contributed by atoms with Crippen molar-refractivity contribution >= 4 is 33.2 Å². The van der Waals surface area contributed by atoms with E-state index in [0.717, 1.165) is 10.2 Å². The summed E-state index contributed by atoms with van der Waals surface area (Å²) in [6.07, 6.45) is 1.89. The Kier molecular flexibility index (Phi) is 5.32. The Morgan fingerprint density at radius 3 is 2.83 bits per heavy atom. The number of carbonyl (C=O) groups excluding carboxylic acids is 1. The molecule has 1 N–H and O–H groups in total. The number of nitro groups is 1. The first kappa shape index (κ1) is 16.9. The van der Waals surface area contributed by atoms with Crippen molar-refractivity contribution in [2.45, 2.75) is 19.9 Å². The van der Waals surface area contributed by atoms with Crippen molar-refractivity contribution in [2.75, 3.05) is 12.4 Å². The van der Waals surface area contributed by atoms with Gasteiger partial charge in [0.2, 0.25) is 5.91 Å². The molecule has 1 aromatic carbocycles. The van der Waals surface area contributed by atoms with Gasteiger partial charge in [0.15, 0.2) is 0 Å². The number of hydrogen-bond acceptors (Lipinski definition) is 5. The lowest BCUT2D eigenvalue weighted by Crippen LogP contribution is -2.16. The molecule has 0 aliphatic rings. The molecular weight excluding hydrogens is 368 g/mol. The lowest BCUT2D eigenvalue weighted by Gasteiger charge is -2.10. The van der Waals surface area contributed by atoms with Gasteiger partial charge in [-0.25, -0.2) is 0 Å². The third-order valence-corrected chi connectivity index (χ3v) is 4.04.